The molecule has 0 fully saturated rings. The monoisotopic (exact) mass is 379 g/mol. The van der Waals surface area contributed by atoms with Crippen molar-refractivity contribution in [3.63, 3.8) is 0 Å². The molecule has 1 aromatic carbocycles. The van der Waals surface area contributed by atoms with Crippen molar-refractivity contribution in [2.45, 2.75) is 13.8 Å². The van der Waals surface area contributed by atoms with Gasteiger partial charge in [0.05, 0.1) is 5.52 Å². The van der Waals surface area contributed by atoms with Gasteiger partial charge in [-0.05, 0) is 63.3 Å². The van der Waals surface area contributed by atoms with Crippen LogP contribution in [0.2, 0.25) is 0 Å². The van der Waals surface area contributed by atoms with Gasteiger partial charge in [-0.15, -0.1) is 0 Å². The maximum Gasteiger partial charge on any atom is 0.292 e. The number of nitrogens with one attached hydrogen (secondary N) is 2. The third-order valence-corrected chi connectivity index (χ3v) is 4.29. The van der Waals surface area contributed by atoms with Crippen molar-refractivity contribution >= 4 is 23.0 Å². The Morgan fingerprint density at radius 2 is 1.79 bits per heavy atom. The topological polar surface area (TPSA) is 78.7 Å². The molecule has 0 aliphatic carbocycles. The molecule has 2 amide bonds. The number of aryl methyl sites for hydroxylation is 2. The molecule has 0 radical (unpaired) electrons. The molecule has 0 aliphatic heterocycles. The average Bonchev–Trinajstić information content (AvgIpc) is 3.00. The molecule has 0 spiro atoms. The van der Waals surface area contributed by atoms with Crippen LogP contribution >= 0.6 is 0 Å². The predicted molar refractivity (Wildman–Crippen MR) is 110 cm³/mol. The summed E-state index contributed by atoms with van der Waals surface area (Å²) in [7, 11) is 3.88. The Balaban J connectivity index is 1.89. The molecule has 0 atom stereocenters. The van der Waals surface area contributed by atoms with Crippen LogP contribution in [-0.4, -0.2) is 53.3 Å². The molecule has 3 aromatic rings. The fourth-order valence-electron chi connectivity index (χ4n) is 3.08. The smallest absolute Gasteiger partial charge is 0.292 e. The standard InChI is InChI=1S/C21H25N5O2/c1-14-11-15(2)13-16(12-14)23-21(28)19-24-18(17-7-5-6-9-26(17)19)20(27)22-8-10-25(3)4/h5-7,9,11-13H,8,10H2,1-4H3,(H,22,27)(H,23,28). The number of hydrogen-bond acceptors (Lipinski definition) is 4. The molecule has 7 heteroatoms. The van der Waals surface area contributed by atoms with E-state index in [1.165, 1.54) is 0 Å². The Morgan fingerprint density at radius 3 is 2.46 bits per heavy atom. The van der Waals surface area contributed by atoms with Crippen molar-refractivity contribution in [3.8, 4) is 0 Å². The van der Waals surface area contributed by atoms with Crippen LogP contribution in [0.25, 0.3) is 5.52 Å². The molecule has 0 saturated heterocycles. The predicted octanol–water partition coefficient (Wildman–Crippen LogP) is 2.49. The van der Waals surface area contributed by atoms with Crippen molar-refractivity contribution in [1.82, 2.24) is 19.6 Å². The molecule has 146 valence electrons. The molecule has 0 bridgehead atoms. The Kier molecular flexibility index (Phi) is 5.75. The maximum atomic E-state index is 12.9. The number of carbonyl (C=O) groups excluding carboxylic acids is 2. The summed E-state index contributed by atoms with van der Waals surface area (Å²) in [6, 6.07) is 11.2. The van der Waals surface area contributed by atoms with Gasteiger partial charge in [-0.1, -0.05) is 12.1 Å². The van der Waals surface area contributed by atoms with Crippen LogP contribution in [0.4, 0.5) is 5.69 Å². The van der Waals surface area contributed by atoms with E-state index in [-0.39, 0.29) is 23.3 Å². The summed E-state index contributed by atoms with van der Waals surface area (Å²) >= 11 is 0. The second kappa shape index (κ2) is 8.22. The summed E-state index contributed by atoms with van der Waals surface area (Å²) in [5.41, 5.74) is 3.65. The summed E-state index contributed by atoms with van der Waals surface area (Å²) in [5.74, 6) is -0.484. The summed E-state index contributed by atoms with van der Waals surface area (Å²) in [4.78, 5) is 31.8. The molecule has 0 aliphatic rings. The Labute approximate surface area is 164 Å². The lowest BCUT2D eigenvalue weighted by Gasteiger charge is -2.09. The van der Waals surface area contributed by atoms with Gasteiger partial charge in [0.25, 0.3) is 11.8 Å². The van der Waals surface area contributed by atoms with Gasteiger partial charge in [0, 0.05) is 25.0 Å². The Bertz CT molecular complexity index is 1000. The molecule has 0 unspecified atom stereocenters. The van der Waals surface area contributed by atoms with Crippen molar-refractivity contribution in [2.75, 3.05) is 32.5 Å². The molecule has 2 heterocycles. The van der Waals surface area contributed by atoms with Crippen LogP contribution in [0.1, 0.15) is 32.2 Å². The fraction of sp³-hybridized carbons (Fsp3) is 0.286. The normalized spacial score (nSPS) is 11.0. The molecule has 28 heavy (non-hydrogen) atoms. The first-order valence-electron chi connectivity index (χ1n) is 9.15. The highest BCUT2D eigenvalue weighted by atomic mass is 16.2. The molecule has 2 aromatic heterocycles. The van der Waals surface area contributed by atoms with Crippen LogP contribution in [-0.2, 0) is 0 Å². The highest BCUT2D eigenvalue weighted by Gasteiger charge is 2.21. The van der Waals surface area contributed by atoms with Gasteiger partial charge in [-0.3, -0.25) is 14.0 Å². The van der Waals surface area contributed by atoms with Crippen molar-refractivity contribution in [2.24, 2.45) is 0 Å². The molecule has 0 saturated carbocycles. The van der Waals surface area contributed by atoms with E-state index in [1.807, 2.05) is 57.1 Å². The summed E-state index contributed by atoms with van der Waals surface area (Å²) in [5, 5.41) is 5.73. The van der Waals surface area contributed by atoms with Gasteiger partial charge in [0.1, 0.15) is 0 Å². The SMILES string of the molecule is Cc1cc(C)cc(NC(=O)c2nc(C(=O)NCCN(C)C)c3ccccn23)c1. The summed E-state index contributed by atoms with van der Waals surface area (Å²) in [6.07, 6.45) is 1.73. The fourth-order valence-corrected chi connectivity index (χ4v) is 3.08. The third-order valence-electron chi connectivity index (χ3n) is 4.29. The second-order valence-electron chi connectivity index (χ2n) is 7.13. The van der Waals surface area contributed by atoms with Gasteiger partial charge in [-0.2, -0.15) is 0 Å². The van der Waals surface area contributed by atoms with Gasteiger partial charge in [0.15, 0.2) is 5.69 Å². The van der Waals surface area contributed by atoms with Crippen LogP contribution in [0.3, 0.4) is 0 Å². The van der Waals surface area contributed by atoms with Crippen LogP contribution in [0.5, 0.6) is 0 Å². The Hall–Kier alpha value is -3.19. The van der Waals surface area contributed by atoms with E-state index in [0.717, 1.165) is 17.7 Å². The number of anilines is 1. The van der Waals surface area contributed by atoms with Gasteiger partial charge >= 0.3 is 0 Å². The minimum absolute atomic E-state index is 0.174. The quantitative estimate of drug-likeness (QED) is 0.690. The van der Waals surface area contributed by atoms with Crippen molar-refractivity contribution < 1.29 is 9.59 Å². The molecule has 3 rings (SSSR count). The number of pyridine rings is 1. The van der Waals surface area contributed by atoms with E-state index in [9.17, 15) is 9.59 Å². The number of benzene rings is 1. The number of hydrogen-bond donors (Lipinski definition) is 2. The first kappa shape index (κ1) is 19.6. The number of fused-ring (bicyclic) bond motifs is 1. The number of rotatable bonds is 6. The second-order valence-corrected chi connectivity index (χ2v) is 7.13. The number of carbonyl (C=O) groups is 2. The van der Waals surface area contributed by atoms with Gasteiger partial charge in [-0.25, -0.2) is 4.98 Å². The number of likely N-dealkylation sites (N-methyl/N-ethyl adjacent to an activating group) is 1. The molecule has 7 nitrogen and oxygen atoms in total. The van der Waals surface area contributed by atoms with E-state index in [2.05, 4.69) is 15.6 Å². The minimum atomic E-state index is -0.362. The number of nitrogens with zero attached hydrogens (tertiary/aromatic N) is 3. The van der Waals surface area contributed by atoms with Crippen LogP contribution < -0.4 is 10.6 Å². The van der Waals surface area contributed by atoms with Crippen LogP contribution in [0.15, 0.2) is 42.6 Å². The first-order valence-corrected chi connectivity index (χ1v) is 9.15. The molecular weight excluding hydrogens is 354 g/mol. The number of amides is 2. The van der Waals surface area contributed by atoms with E-state index < -0.39 is 0 Å². The average molecular weight is 379 g/mol. The van der Waals surface area contributed by atoms with Gasteiger partial charge in [0.2, 0.25) is 5.82 Å². The number of imidazole rings is 1. The molecule has 2 N–H and O–H groups in total. The zero-order chi connectivity index (χ0) is 20.3. The lowest BCUT2D eigenvalue weighted by molar-refractivity contribution is 0.0948. The van der Waals surface area contributed by atoms with E-state index >= 15 is 0 Å². The maximum absolute atomic E-state index is 12.9. The lowest BCUT2D eigenvalue weighted by atomic mass is 10.1. The van der Waals surface area contributed by atoms with Crippen LogP contribution in [0, 0.1) is 13.8 Å². The van der Waals surface area contributed by atoms with E-state index in [1.54, 1.807) is 22.7 Å². The van der Waals surface area contributed by atoms with Crippen molar-refractivity contribution in [3.05, 3.63) is 65.2 Å². The lowest BCUT2D eigenvalue weighted by Crippen LogP contribution is -2.31. The van der Waals surface area contributed by atoms with Crippen molar-refractivity contribution in [1.29, 1.82) is 0 Å². The summed E-state index contributed by atoms with van der Waals surface area (Å²) < 4.78 is 1.64. The van der Waals surface area contributed by atoms with E-state index in [4.69, 9.17) is 0 Å². The zero-order valence-electron chi connectivity index (χ0n) is 16.6. The highest BCUT2D eigenvalue weighted by molar-refractivity contribution is 6.06. The van der Waals surface area contributed by atoms with Gasteiger partial charge < -0.3 is 15.5 Å². The number of aromatic nitrogens is 2. The summed E-state index contributed by atoms with van der Waals surface area (Å²) in [6.45, 7) is 5.17. The minimum Gasteiger partial charge on any atom is -0.349 e. The highest BCUT2D eigenvalue weighted by Crippen LogP contribution is 2.17. The largest absolute Gasteiger partial charge is 0.349 e. The Morgan fingerprint density at radius 1 is 1.07 bits per heavy atom. The molecular formula is C21H25N5O2. The van der Waals surface area contributed by atoms with E-state index in [0.29, 0.717) is 17.7 Å². The third kappa shape index (κ3) is 4.37. The zero-order valence-corrected chi connectivity index (χ0v) is 16.6. The first-order chi connectivity index (χ1) is 13.3.